The smallest absolute Gasteiger partial charge is 0.337 e. The van der Waals surface area contributed by atoms with Gasteiger partial charge in [-0.25, -0.2) is 4.79 Å². The third kappa shape index (κ3) is 2.69. The van der Waals surface area contributed by atoms with Gasteiger partial charge >= 0.3 is 5.97 Å². The molecule has 0 bridgehead atoms. The molecule has 0 aromatic rings. The average molecular weight is 202 g/mol. The Balaban J connectivity index is 2.41. The Bertz CT molecular complexity index is 187. The molecule has 4 heteroatoms. The van der Waals surface area contributed by atoms with Crippen molar-refractivity contribution in [3.63, 3.8) is 0 Å². The molecule has 14 heavy (non-hydrogen) atoms. The van der Waals surface area contributed by atoms with Crippen molar-refractivity contribution in [2.24, 2.45) is 5.92 Å². The van der Waals surface area contributed by atoms with Gasteiger partial charge in [0, 0.05) is 0 Å². The molecule has 4 nitrogen and oxygen atoms in total. The molecule has 0 heterocycles. The highest BCUT2D eigenvalue weighted by Crippen LogP contribution is 2.29. The van der Waals surface area contributed by atoms with Crippen molar-refractivity contribution in [2.45, 2.75) is 44.8 Å². The van der Waals surface area contributed by atoms with Gasteiger partial charge in [0.2, 0.25) is 0 Å². The summed E-state index contributed by atoms with van der Waals surface area (Å²) < 4.78 is 4.64. The van der Waals surface area contributed by atoms with Crippen LogP contribution >= 0.6 is 0 Å². The molecule has 1 aliphatic carbocycles. The zero-order valence-electron chi connectivity index (χ0n) is 8.48. The third-order valence-electron chi connectivity index (χ3n) is 2.73. The van der Waals surface area contributed by atoms with Crippen LogP contribution < -0.4 is 0 Å². The van der Waals surface area contributed by atoms with Gasteiger partial charge in [0.05, 0.1) is 12.7 Å². The van der Waals surface area contributed by atoms with E-state index in [1.54, 1.807) is 6.92 Å². The quantitative estimate of drug-likeness (QED) is 0.650. The van der Waals surface area contributed by atoms with Gasteiger partial charge < -0.3 is 14.9 Å². The van der Waals surface area contributed by atoms with Gasteiger partial charge in [-0.1, -0.05) is 12.8 Å². The molecule has 0 radical (unpaired) electrons. The molecule has 1 saturated carbocycles. The molecule has 0 unspecified atom stereocenters. The third-order valence-corrected chi connectivity index (χ3v) is 2.73. The summed E-state index contributed by atoms with van der Waals surface area (Å²) in [6, 6.07) is 0. The predicted molar refractivity (Wildman–Crippen MR) is 50.6 cm³/mol. The second-order valence-electron chi connectivity index (χ2n) is 3.73. The fourth-order valence-corrected chi connectivity index (χ4v) is 1.92. The van der Waals surface area contributed by atoms with Crippen molar-refractivity contribution >= 4 is 5.97 Å². The van der Waals surface area contributed by atoms with Crippen LogP contribution in [-0.2, 0) is 9.53 Å². The van der Waals surface area contributed by atoms with E-state index in [0.717, 1.165) is 25.7 Å². The molecule has 1 rings (SSSR count). The number of rotatable bonds is 4. The maximum absolute atomic E-state index is 11.1. The van der Waals surface area contributed by atoms with E-state index in [1.165, 1.54) is 0 Å². The first kappa shape index (κ1) is 11.5. The number of carbonyl (C=O) groups is 1. The van der Waals surface area contributed by atoms with Crippen molar-refractivity contribution in [1.29, 1.82) is 0 Å². The molecule has 2 N–H and O–H groups in total. The summed E-state index contributed by atoms with van der Waals surface area (Å²) in [7, 11) is 0. The Morgan fingerprint density at radius 2 is 2.00 bits per heavy atom. The summed E-state index contributed by atoms with van der Waals surface area (Å²) in [6.07, 6.45) is 1.57. The second-order valence-corrected chi connectivity index (χ2v) is 3.73. The normalized spacial score (nSPS) is 21.9. The Kier molecular flexibility index (Phi) is 4.35. The SMILES string of the molecule is CCOC(=O)[C@@H](O)[C@@H](O)C1CCCC1. The largest absolute Gasteiger partial charge is 0.464 e. The first-order valence-electron chi connectivity index (χ1n) is 5.19. The Morgan fingerprint density at radius 3 is 2.50 bits per heavy atom. The highest BCUT2D eigenvalue weighted by molar-refractivity contribution is 5.75. The maximum atomic E-state index is 11.1. The van der Waals surface area contributed by atoms with Gasteiger partial charge in [0.25, 0.3) is 0 Å². The van der Waals surface area contributed by atoms with Crippen molar-refractivity contribution < 1.29 is 19.7 Å². The van der Waals surface area contributed by atoms with Crippen LogP contribution in [0.1, 0.15) is 32.6 Å². The number of carbonyl (C=O) groups excluding carboxylic acids is 1. The number of aliphatic hydroxyl groups excluding tert-OH is 2. The highest BCUT2D eigenvalue weighted by Gasteiger charge is 2.33. The topological polar surface area (TPSA) is 66.8 Å². The minimum atomic E-state index is -1.38. The number of hydrogen-bond acceptors (Lipinski definition) is 4. The maximum Gasteiger partial charge on any atom is 0.337 e. The summed E-state index contributed by atoms with van der Waals surface area (Å²) in [5.41, 5.74) is 0. The van der Waals surface area contributed by atoms with E-state index in [0.29, 0.717) is 0 Å². The van der Waals surface area contributed by atoms with Crippen LogP contribution in [0.15, 0.2) is 0 Å². The van der Waals surface area contributed by atoms with Crippen LogP contribution in [0, 0.1) is 5.92 Å². The zero-order valence-corrected chi connectivity index (χ0v) is 8.48. The first-order valence-corrected chi connectivity index (χ1v) is 5.19. The predicted octanol–water partition coefficient (Wildman–Crippen LogP) is 0.461. The van der Waals surface area contributed by atoms with E-state index in [4.69, 9.17) is 0 Å². The molecule has 0 amide bonds. The number of ether oxygens (including phenoxy) is 1. The average Bonchev–Trinajstić information content (AvgIpc) is 2.68. The lowest BCUT2D eigenvalue weighted by atomic mass is 9.96. The fourth-order valence-electron chi connectivity index (χ4n) is 1.92. The summed E-state index contributed by atoms with van der Waals surface area (Å²) >= 11 is 0. The molecule has 0 spiro atoms. The van der Waals surface area contributed by atoms with Gasteiger partial charge in [-0.15, -0.1) is 0 Å². The first-order chi connectivity index (χ1) is 6.66. The number of esters is 1. The van der Waals surface area contributed by atoms with E-state index in [-0.39, 0.29) is 12.5 Å². The van der Waals surface area contributed by atoms with Gasteiger partial charge in [-0.2, -0.15) is 0 Å². The molecule has 2 atom stereocenters. The minimum absolute atomic E-state index is 0.0504. The van der Waals surface area contributed by atoms with Crippen molar-refractivity contribution in [3.8, 4) is 0 Å². The second kappa shape index (κ2) is 5.32. The van der Waals surface area contributed by atoms with E-state index in [9.17, 15) is 15.0 Å². The molecular formula is C10H18O4. The van der Waals surface area contributed by atoms with Crippen molar-refractivity contribution in [1.82, 2.24) is 0 Å². The molecule has 0 aliphatic heterocycles. The monoisotopic (exact) mass is 202 g/mol. The van der Waals surface area contributed by atoms with Crippen molar-refractivity contribution in [2.75, 3.05) is 6.61 Å². The van der Waals surface area contributed by atoms with Gasteiger partial charge in [-0.3, -0.25) is 0 Å². The van der Waals surface area contributed by atoms with Crippen LogP contribution in [0.25, 0.3) is 0 Å². The molecular weight excluding hydrogens is 184 g/mol. The van der Waals surface area contributed by atoms with Crippen LogP contribution in [0.4, 0.5) is 0 Å². The number of hydrogen-bond donors (Lipinski definition) is 2. The van der Waals surface area contributed by atoms with E-state index < -0.39 is 18.2 Å². The van der Waals surface area contributed by atoms with E-state index in [2.05, 4.69) is 4.74 Å². The fraction of sp³-hybridized carbons (Fsp3) is 0.900. The summed E-state index contributed by atoms with van der Waals surface area (Å²) in [6.45, 7) is 1.90. The molecule has 0 aromatic carbocycles. The standard InChI is InChI=1S/C10H18O4/c1-2-14-10(13)9(12)8(11)7-5-3-4-6-7/h7-9,11-12H,2-6H2,1H3/t8-,9-/m0/s1. The van der Waals surface area contributed by atoms with Crippen LogP contribution in [-0.4, -0.2) is 35.0 Å². The van der Waals surface area contributed by atoms with E-state index in [1.807, 2.05) is 0 Å². The van der Waals surface area contributed by atoms with Crippen LogP contribution in [0.5, 0.6) is 0 Å². The van der Waals surface area contributed by atoms with E-state index >= 15 is 0 Å². The molecule has 1 aliphatic rings. The van der Waals surface area contributed by atoms with Crippen LogP contribution in [0.3, 0.4) is 0 Å². The molecule has 0 saturated heterocycles. The van der Waals surface area contributed by atoms with Gasteiger partial charge in [0.1, 0.15) is 0 Å². The Labute approximate surface area is 83.9 Å². The minimum Gasteiger partial charge on any atom is -0.464 e. The lowest BCUT2D eigenvalue weighted by Gasteiger charge is -2.21. The van der Waals surface area contributed by atoms with Crippen LogP contribution in [0.2, 0.25) is 0 Å². The summed E-state index contributed by atoms with van der Waals surface area (Å²) in [5.74, 6) is -0.665. The molecule has 82 valence electrons. The van der Waals surface area contributed by atoms with Gasteiger partial charge in [0.15, 0.2) is 6.10 Å². The summed E-state index contributed by atoms with van der Waals surface area (Å²) in [4.78, 5) is 11.1. The number of aliphatic hydroxyl groups is 2. The highest BCUT2D eigenvalue weighted by atomic mass is 16.5. The summed E-state index contributed by atoms with van der Waals surface area (Å²) in [5, 5.41) is 19.1. The zero-order chi connectivity index (χ0) is 10.6. The molecule has 1 fully saturated rings. The van der Waals surface area contributed by atoms with Gasteiger partial charge in [-0.05, 0) is 25.7 Å². The Hall–Kier alpha value is -0.610. The lowest BCUT2D eigenvalue weighted by Crippen LogP contribution is -2.39. The lowest BCUT2D eigenvalue weighted by molar-refractivity contribution is -0.161. The molecule has 0 aromatic heterocycles. The Morgan fingerprint density at radius 1 is 1.43 bits per heavy atom. The van der Waals surface area contributed by atoms with Crippen molar-refractivity contribution in [3.05, 3.63) is 0 Å².